The number of sulfonamides is 1. The zero-order valence-corrected chi connectivity index (χ0v) is 17.4. The lowest BCUT2D eigenvalue weighted by atomic mass is 10.2. The van der Waals surface area contributed by atoms with Crippen LogP contribution < -0.4 is 14.8 Å². The van der Waals surface area contributed by atoms with Crippen molar-refractivity contribution in [3.05, 3.63) is 69.4 Å². The van der Waals surface area contributed by atoms with Gasteiger partial charge in [-0.25, -0.2) is 8.42 Å². The van der Waals surface area contributed by atoms with Gasteiger partial charge in [-0.1, -0.05) is 11.6 Å². The number of methoxy groups -OCH3 is 1. The maximum Gasteiger partial charge on any atom is 0.265 e. The van der Waals surface area contributed by atoms with Gasteiger partial charge in [0, 0.05) is 16.4 Å². The zero-order valence-electron chi connectivity index (χ0n) is 15.0. The van der Waals surface area contributed by atoms with Crippen LogP contribution in [0.5, 0.6) is 5.75 Å². The molecule has 0 spiro atoms. The summed E-state index contributed by atoms with van der Waals surface area (Å²) < 4.78 is 33.4. The second-order valence-corrected chi connectivity index (χ2v) is 8.87. The number of rotatable bonds is 6. The van der Waals surface area contributed by atoms with Crippen LogP contribution in [0.25, 0.3) is 0 Å². The summed E-state index contributed by atoms with van der Waals surface area (Å²) in [7, 11) is -2.58. The number of thiophene rings is 1. The third-order valence-corrected chi connectivity index (χ3v) is 6.55. The van der Waals surface area contributed by atoms with E-state index in [2.05, 4.69) is 10.0 Å². The molecule has 0 atom stereocenters. The summed E-state index contributed by atoms with van der Waals surface area (Å²) >= 11 is 7.15. The van der Waals surface area contributed by atoms with Crippen LogP contribution in [0, 0.1) is 6.92 Å². The van der Waals surface area contributed by atoms with Gasteiger partial charge in [0.1, 0.15) is 10.6 Å². The van der Waals surface area contributed by atoms with Crippen molar-refractivity contribution in [3.63, 3.8) is 0 Å². The lowest BCUT2D eigenvalue weighted by molar-refractivity contribution is 0.103. The molecule has 28 heavy (non-hydrogen) atoms. The predicted molar refractivity (Wildman–Crippen MR) is 112 cm³/mol. The summed E-state index contributed by atoms with van der Waals surface area (Å²) in [5.41, 5.74) is 1.55. The van der Waals surface area contributed by atoms with E-state index in [0.29, 0.717) is 21.3 Å². The molecule has 9 heteroatoms. The van der Waals surface area contributed by atoms with Crippen molar-refractivity contribution in [2.24, 2.45) is 0 Å². The van der Waals surface area contributed by atoms with E-state index in [1.165, 1.54) is 30.6 Å². The topological polar surface area (TPSA) is 84.5 Å². The molecule has 1 heterocycles. The van der Waals surface area contributed by atoms with Gasteiger partial charge in [0.25, 0.3) is 15.9 Å². The summed E-state index contributed by atoms with van der Waals surface area (Å²) in [5.74, 6) is -0.140. The van der Waals surface area contributed by atoms with Crippen molar-refractivity contribution in [2.45, 2.75) is 11.8 Å². The van der Waals surface area contributed by atoms with Gasteiger partial charge in [-0.2, -0.15) is 0 Å². The Hall–Kier alpha value is -2.55. The molecular weight excluding hydrogens is 420 g/mol. The minimum atomic E-state index is -3.96. The standard InChI is InChI=1S/C19H17ClN2O4S2/c1-12-9-10-27-18(12)19(23)21-15-7-8-16(26-2)17(11-15)28(24,25)22-14-5-3-13(20)4-6-14/h3-11,22H,1-2H3,(H,21,23). The lowest BCUT2D eigenvalue weighted by Gasteiger charge is -2.14. The molecular formula is C19H17ClN2O4S2. The Balaban J connectivity index is 1.91. The number of carbonyl (C=O) groups excluding carboxylic acids is 1. The third kappa shape index (κ3) is 4.46. The van der Waals surface area contributed by atoms with Gasteiger partial charge in [-0.3, -0.25) is 9.52 Å². The second kappa shape index (κ2) is 8.22. The van der Waals surface area contributed by atoms with Gasteiger partial charge in [0.05, 0.1) is 12.0 Å². The van der Waals surface area contributed by atoms with Gasteiger partial charge in [0.15, 0.2) is 0 Å². The first-order chi connectivity index (χ1) is 13.3. The number of aryl methyl sites for hydroxylation is 1. The Labute approximate surface area is 172 Å². The maximum atomic E-state index is 12.9. The number of anilines is 2. The van der Waals surface area contributed by atoms with E-state index < -0.39 is 10.0 Å². The Bertz CT molecular complexity index is 1110. The van der Waals surface area contributed by atoms with E-state index in [4.69, 9.17) is 16.3 Å². The highest BCUT2D eigenvalue weighted by Gasteiger charge is 2.21. The fourth-order valence-corrected chi connectivity index (χ4v) is 4.69. The van der Waals surface area contributed by atoms with Crippen molar-refractivity contribution < 1.29 is 17.9 Å². The Morgan fingerprint density at radius 2 is 1.75 bits per heavy atom. The normalized spacial score (nSPS) is 11.1. The summed E-state index contributed by atoms with van der Waals surface area (Å²) in [6, 6.07) is 12.5. The molecule has 0 aliphatic heterocycles. The van der Waals surface area contributed by atoms with Crippen LogP contribution in [-0.4, -0.2) is 21.4 Å². The van der Waals surface area contributed by atoms with Gasteiger partial charge in [-0.05, 0) is 66.4 Å². The molecule has 146 valence electrons. The molecule has 0 fully saturated rings. The number of nitrogens with one attached hydrogen (secondary N) is 2. The number of amides is 1. The first-order valence-corrected chi connectivity index (χ1v) is 10.9. The van der Waals surface area contributed by atoms with Crippen LogP contribution in [-0.2, 0) is 10.0 Å². The van der Waals surface area contributed by atoms with Crippen LogP contribution in [0.4, 0.5) is 11.4 Å². The van der Waals surface area contributed by atoms with Crippen molar-refractivity contribution in [1.29, 1.82) is 0 Å². The molecule has 3 rings (SSSR count). The number of hydrogen-bond donors (Lipinski definition) is 2. The molecule has 2 N–H and O–H groups in total. The molecule has 1 amide bonds. The predicted octanol–water partition coefficient (Wildman–Crippen LogP) is 4.77. The van der Waals surface area contributed by atoms with Gasteiger partial charge < -0.3 is 10.1 Å². The van der Waals surface area contributed by atoms with Crippen LogP contribution in [0.2, 0.25) is 5.02 Å². The van der Waals surface area contributed by atoms with E-state index in [0.717, 1.165) is 5.56 Å². The summed E-state index contributed by atoms with van der Waals surface area (Å²) in [5, 5.41) is 5.04. The van der Waals surface area contributed by atoms with E-state index in [-0.39, 0.29) is 16.6 Å². The van der Waals surface area contributed by atoms with Crippen molar-refractivity contribution in [3.8, 4) is 5.75 Å². The van der Waals surface area contributed by atoms with E-state index in [1.807, 2.05) is 18.4 Å². The van der Waals surface area contributed by atoms with Gasteiger partial charge >= 0.3 is 0 Å². The molecule has 6 nitrogen and oxygen atoms in total. The molecule has 1 aromatic heterocycles. The molecule has 2 aromatic carbocycles. The summed E-state index contributed by atoms with van der Waals surface area (Å²) in [6.07, 6.45) is 0. The number of hydrogen-bond acceptors (Lipinski definition) is 5. The highest BCUT2D eigenvalue weighted by molar-refractivity contribution is 7.92. The summed E-state index contributed by atoms with van der Waals surface area (Å²) in [6.45, 7) is 1.84. The fourth-order valence-electron chi connectivity index (χ4n) is 2.49. The Morgan fingerprint density at radius 1 is 1.07 bits per heavy atom. The van der Waals surface area contributed by atoms with Crippen LogP contribution in [0.1, 0.15) is 15.2 Å². The zero-order chi connectivity index (χ0) is 20.3. The quantitative estimate of drug-likeness (QED) is 0.582. The second-order valence-electron chi connectivity index (χ2n) is 5.86. The van der Waals surface area contributed by atoms with Crippen molar-refractivity contribution >= 4 is 50.2 Å². The average Bonchev–Trinajstić information content (AvgIpc) is 3.09. The van der Waals surface area contributed by atoms with Crippen LogP contribution in [0.15, 0.2) is 58.8 Å². The van der Waals surface area contributed by atoms with Crippen LogP contribution >= 0.6 is 22.9 Å². The molecule has 0 saturated heterocycles. The van der Waals surface area contributed by atoms with Crippen molar-refractivity contribution in [2.75, 3.05) is 17.1 Å². The third-order valence-electron chi connectivity index (χ3n) is 3.88. The number of carbonyl (C=O) groups is 1. The van der Waals surface area contributed by atoms with Gasteiger partial charge in [0.2, 0.25) is 0 Å². The Morgan fingerprint density at radius 3 is 2.36 bits per heavy atom. The maximum absolute atomic E-state index is 12.9. The van der Waals surface area contributed by atoms with E-state index in [9.17, 15) is 13.2 Å². The molecule has 0 bridgehead atoms. The first-order valence-electron chi connectivity index (χ1n) is 8.12. The minimum absolute atomic E-state index is 0.0920. The average molecular weight is 437 g/mol. The summed E-state index contributed by atoms with van der Waals surface area (Å²) in [4.78, 5) is 12.9. The lowest BCUT2D eigenvalue weighted by Crippen LogP contribution is -2.16. The molecule has 3 aromatic rings. The van der Waals surface area contributed by atoms with Crippen LogP contribution in [0.3, 0.4) is 0 Å². The smallest absolute Gasteiger partial charge is 0.265 e. The Kier molecular flexibility index (Phi) is 5.93. The molecule has 0 radical (unpaired) electrons. The fraction of sp³-hybridized carbons (Fsp3) is 0.105. The molecule has 0 aliphatic carbocycles. The van der Waals surface area contributed by atoms with Crippen molar-refractivity contribution in [1.82, 2.24) is 0 Å². The monoisotopic (exact) mass is 436 g/mol. The number of benzene rings is 2. The highest BCUT2D eigenvalue weighted by atomic mass is 35.5. The highest BCUT2D eigenvalue weighted by Crippen LogP contribution is 2.30. The van der Waals surface area contributed by atoms with E-state index >= 15 is 0 Å². The first kappa shape index (κ1) is 20.2. The minimum Gasteiger partial charge on any atom is -0.495 e. The molecule has 0 saturated carbocycles. The molecule has 0 aliphatic rings. The van der Waals surface area contributed by atoms with Gasteiger partial charge in [-0.15, -0.1) is 11.3 Å². The SMILES string of the molecule is COc1ccc(NC(=O)c2sccc2C)cc1S(=O)(=O)Nc1ccc(Cl)cc1. The molecule has 0 unspecified atom stereocenters. The largest absolute Gasteiger partial charge is 0.495 e. The number of halogens is 1. The number of ether oxygens (including phenoxy) is 1. The van der Waals surface area contributed by atoms with E-state index in [1.54, 1.807) is 30.3 Å².